The fourth-order valence-corrected chi connectivity index (χ4v) is 2.21. The van der Waals surface area contributed by atoms with Gasteiger partial charge >= 0.3 is 0 Å². The first kappa shape index (κ1) is 15.9. The molecule has 0 aliphatic rings. The number of carbonyl (C=O) groups is 1. The van der Waals surface area contributed by atoms with Gasteiger partial charge in [-0.1, -0.05) is 30.3 Å². The summed E-state index contributed by atoms with van der Waals surface area (Å²) in [6.07, 6.45) is 0. The fraction of sp³-hybridized carbons (Fsp3) is 0.235. The summed E-state index contributed by atoms with van der Waals surface area (Å²) in [7, 11) is 3.46. The Balaban J connectivity index is 1.94. The van der Waals surface area contributed by atoms with Crippen LogP contribution in [0.4, 0.5) is 11.4 Å². The van der Waals surface area contributed by atoms with Gasteiger partial charge in [-0.2, -0.15) is 0 Å². The molecule has 0 radical (unpaired) electrons. The minimum Gasteiger partial charge on any atom is -0.495 e. The normalized spacial score (nSPS) is 10.5. The SMILES string of the molecule is COc1ccc(N)cc1NC(=O)CN(C)Cc1ccccc1. The van der Waals surface area contributed by atoms with Crippen LogP contribution >= 0.6 is 0 Å². The summed E-state index contributed by atoms with van der Waals surface area (Å²) in [5.41, 5.74) is 8.07. The van der Waals surface area contributed by atoms with Crippen LogP contribution in [0.15, 0.2) is 48.5 Å². The summed E-state index contributed by atoms with van der Waals surface area (Å²) in [6, 6.07) is 15.2. The molecular formula is C17H21N3O2. The predicted octanol–water partition coefficient (Wildman–Crippen LogP) is 2.35. The van der Waals surface area contributed by atoms with Crippen LogP contribution in [-0.2, 0) is 11.3 Å². The van der Waals surface area contributed by atoms with E-state index in [1.165, 1.54) is 5.56 Å². The summed E-state index contributed by atoms with van der Waals surface area (Å²) in [5, 5.41) is 2.83. The van der Waals surface area contributed by atoms with Gasteiger partial charge in [-0.15, -0.1) is 0 Å². The van der Waals surface area contributed by atoms with Crippen LogP contribution in [0.5, 0.6) is 5.75 Å². The van der Waals surface area contributed by atoms with E-state index in [-0.39, 0.29) is 12.5 Å². The Hall–Kier alpha value is -2.53. The van der Waals surface area contributed by atoms with E-state index in [1.54, 1.807) is 25.3 Å². The van der Waals surface area contributed by atoms with Gasteiger partial charge in [-0.25, -0.2) is 0 Å². The highest BCUT2D eigenvalue weighted by molar-refractivity contribution is 5.94. The number of hydrogen-bond donors (Lipinski definition) is 2. The van der Waals surface area contributed by atoms with E-state index in [1.807, 2.05) is 42.3 Å². The Labute approximate surface area is 130 Å². The summed E-state index contributed by atoms with van der Waals surface area (Å²) in [4.78, 5) is 14.1. The average molecular weight is 299 g/mol. The van der Waals surface area contributed by atoms with Gasteiger partial charge in [0.25, 0.3) is 0 Å². The molecule has 0 aliphatic carbocycles. The molecule has 0 unspecified atom stereocenters. The maximum atomic E-state index is 12.1. The van der Waals surface area contributed by atoms with Crippen LogP contribution in [0.2, 0.25) is 0 Å². The number of hydrogen-bond acceptors (Lipinski definition) is 4. The van der Waals surface area contributed by atoms with E-state index in [0.29, 0.717) is 23.7 Å². The van der Waals surface area contributed by atoms with Crippen LogP contribution in [0.25, 0.3) is 0 Å². The quantitative estimate of drug-likeness (QED) is 0.804. The zero-order valence-electron chi connectivity index (χ0n) is 12.9. The minimum absolute atomic E-state index is 0.109. The van der Waals surface area contributed by atoms with Gasteiger partial charge in [0, 0.05) is 12.2 Å². The first-order valence-corrected chi connectivity index (χ1v) is 7.04. The molecular weight excluding hydrogens is 278 g/mol. The van der Waals surface area contributed by atoms with Crippen LogP contribution in [0, 0.1) is 0 Å². The molecule has 0 heterocycles. The number of rotatable bonds is 6. The van der Waals surface area contributed by atoms with E-state index in [0.717, 1.165) is 0 Å². The molecule has 1 amide bonds. The number of amides is 1. The third kappa shape index (κ3) is 4.49. The van der Waals surface area contributed by atoms with Gasteiger partial charge in [-0.05, 0) is 30.8 Å². The third-order valence-corrected chi connectivity index (χ3v) is 3.21. The van der Waals surface area contributed by atoms with Gasteiger partial charge in [0.05, 0.1) is 19.3 Å². The van der Waals surface area contributed by atoms with Gasteiger partial charge < -0.3 is 15.8 Å². The standard InChI is InChI=1S/C17H21N3O2/c1-20(11-13-6-4-3-5-7-13)12-17(21)19-15-10-14(18)8-9-16(15)22-2/h3-10H,11-12,18H2,1-2H3,(H,19,21). The Kier molecular flexibility index (Phi) is 5.38. The largest absolute Gasteiger partial charge is 0.495 e. The van der Waals surface area contributed by atoms with Crippen LogP contribution in [-0.4, -0.2) is 31.5 Å². The maximum Gasteiger partial charge on any atom is 0.238 e. The predicted molar refractivity (Wildman–Crippen MR) is 88.8 cm³/mol. The van der Waals surface area contributed by atoms with Crippen LogP contribution in [0.3, 0.4) is 0 Å². The number of nitrogen functional groups attached to an aromatic ring is 1. The molecule has 0 saturated heterocycles. The number of carbonyl (C=O) groups excluding carboxylic acids is 1. The van der Waals surface area contributed by atoms with E-state index < -0.39 is 0 Å². The lowest BCUT2D eigenvalue weighted by Gasteiger charge is -2.17. The Morgan fingerprint density at radius 3 is 2.64 bits per heavy atom. The first-order valence-electron chi connectivity index (χ1n) is 7.04. The summed E-state index contributed by atoms with van der Waals surface area (Å²) in [6.45, 7) is 0.995. The van der Waals surface area contributed by atoms with Crippen molar-refractivity contribution in [1.82, 2.24) is 4.90 Å². The van der Waals surface area contributed by atoms with E-state index in [2.05, 4.69) is 5.32 Å². The van der Waals surface area contributed by atoms with Crippen molar-refractivity contribution >= 4 is 17.3 Å². The lowest BCUT2D eigenvalue weighted by molar-refractivity contribution is -0.117. The second-order valence-electron chi connectivity index (χ2n) is 5.17. The van der Waals surface area contributed by atoms with Crippen molar-refractivity contribution in [2.45, 2.75) is 6.54 Å². The maximum absolute atomic E-state index is 12.1. The van der Waals surface area contributed by atoms with Gasteiger partial charge in [0.1, 0.15) is 5.75 Å². The molecule has 5 heteroatoms. The Morgan fingerprint density at radius 1 is 1.23 bits per heavy atom. The number of methoxy groups -OCH3 is 1. The second kappa shape index (κ2) is 7.47. The smallest absolute Gasteiger partial charge is 0.238 e. The molecule has 2 aromatic carbocycles. The monoisotopic (exact) mass is 299 g/mol. The van der Waals surface area contributed by atoms with Crippen molar-refractivity contribution in [3.05, 3.63) is 54.1 Å². The molecule has 0 aliphatic heterocycles. The molecule has 0 aromatic heterocycles. The van der Waals surface area contributed by atoms with E-state index in [4.69, 9.17) is 10.5 Å². The van der Waals surface area contributed by atoms with E-state index in [9.17, 15) is 4.79 Å². The zero-order chi connectivity index (χ0) is 15.9. The summed E-state index contributed by atoms with van der Waals surface area (Å²) >= 11 is 0. The lowest BCUT2D eigenvalue weighted by Crippen LogP contribution is -2.30. The molecule has 0 spiro atoms. The summed E-state index contributed by atoms with van der Waals surface area (Å²) in [5.74, 6) is 0.482. The second-order valence-corrected chi connectivity index (χ2v) is 5.17. The number of likely N-dealkylation sites (N-methyl/N-ethyl adjacent to an activating group) is 1. The molecule has 0 saturated carbocycles. The molecule has 5 nitrogen and oxygen atoms in total. The molecule has 0 fully saturated rings. The zero-order valence-corrected chi connectivity index (χ0v) is 12.9. The van der Waals surface area contributed by atoms with Gasteiger partial charge in [0.2, 0.25) is 5.91 Å². The van der Waals surface area contributed by atoms with Gasteiger partial charge in [0.15, 0.2) is 0 Å². The molecule has 0 bridgehead atoms. The fourth-order valence-electron chi connectivity index (χ4n) is 2.21. The molecule has 2 rings (SSSR count). The number of nitrogens with two attached hydrogens (primary N) is 1. The van der Waals surface area contributed by atoms with Crippen molar-refractivity contribution in [1.29, 1.82) is 0 Å². The molecule has 2 aromatic rings. The molecule has 0 atom stereocenters. The van der Waals surface area contributed by atoms with Crippen LogP contribution < -0.4 is 15.8 Å². The molecule has 22 heavy (non-hydrogen) atoms. The minimum atomic E-state index is -0.109. The number of benzene rings is 2. The van der Waals surface area contributed by atoms with Crippen molar-refractivity contribution in [3.63, 3.8) is 0 Å². The number of anilines is 2. The van der Waals surface area contributed by atoms with E-state index >= 15 is 0 Å². The molecule has 3 N–H and O–H groups in total. The highest BCUT2D eigenvalue weighted by Crippen LogP contribution is 2.26. The number of ether oxygens (including phenoxy) is 1. The Bertz CT molecular complexity index is 629. The topological polar surface area (TPSA) is 67.6 Å². The highest BCUT2D eigenvalue weighted by Gasteiger charge is 2.10. The third-order valence-electron chi connectivity index (χ3n) is 3.21. The van der Waals surface area contributed by atoms with Crippen molar-refractivity contribution in [2.75, 3.05) is 31.8 Å². The van der Waals surface area contributed by atoms with Crippen molar-refractivity contribution in [2.24, 2.45) is 0 Å². The van der Waals surface area contributed by atoms with Crippen LogP contribution in [0.1, 0.15) is 5.56 Å². The summed E-state index contributed by atoms with van der Waals surface area (Å²) < 4.78 is 5.22. The molecule has 116 valence electrons. The Morgan fingerprint density at radius 2 is 1.95 bits per heavy atom. The van der Waals surface area contributed by atoms with Crippen molar-refractivity contribution < 1.29 is 9.53 Å². The first-order chi connectivity index (χ1) is 10.6. The lowest BCUT2D eigenvalue weighted by atomic mass is 10.2. The van der Waals surface area contributed by atoms with Gasteiger partial charge in [-0.3, -0.25) is 9.69 Å². The average Bonchev–Trinajstić information content (AvgIpc) is 2.48. The number of nitrogens with zero attached hydrogens (tertiary/aromatic N) is 1. The van der Waals surface area contributed by atoms with Crippen molar-refractivity contribution in [3.8, 4) is 5.75 Å². The number of nitrogens with one attached hydrogen (secondary N) is 1. The highest BCUT2D eigenvalue weighted by atomic mass is 16.5.